The highest BCUT2D eigenvalue weighted by molar-refractivity contribution is 6.31. The summed E-state index contributed by atoms with van der Waals surface area (Å²) in [5.41, 5.74) is 2.38. The van der Waals surface area contributed by atoms with Crippen molar-refractivity contribution < 1.29 is 9.53 Å². The third-order valence-corrected chi connectivity index (χ3v) is 3.97. The number of carbonyl (C=O) groups excluding carboxylic acids is 1. The first kappa shape index (κ1) is 14.4. The van der Waals surface area contributed by atoms with Crippen LogP contribution in [0.5, 0.6) is 0 Å². The Hall–Kier alpha value is -1.02. The van der Waals surface area contributed by atoms with Crippen molar-refractivity contribution in [1.29, 1.82) is 0 Å². The minimum Gasteiger partial charge on any atom is -0.466 e. The molecular weight excluding hydrogens is 260 g/mol. The molecule has 2 rings (SSSR count). The molecule has 104 valence electrons. The van der Waals surface area contributed by atoms with Crippen molar-refractivity contribution in [2.75, 3.05) is 6.61 Å². The van der Waals surface area contributed by atoms with Gasteiger partial charge in [0.05, 0.1) is 12.5 Å². The zero-order chi connectivity index (χ0) is 14.2. The first-order valence-electron chi connectivity index (χ1n) is 6.81. The lowest BCUT2D eigenvalue weighted by Crippen LogP contribution is -2.11. The van der Waals surface area contributed by atoms with Crippen LogP contribution in [0.1, 0.15) is 51.2 Å². The molecule has 0 saturated heterocycles. The van der Waals surface area contributed by atoms with Gasteiger partial charge in [-0.2, -0.15) is 0 Å². The summed E-state index contributed by atoms with van der Waals surface area (Å²) in [5.74, 6) is 0.141. The molecule has 0 aliphatic heterocycles. The highest BCUT2D eigenvalue weighted by atomic mass is 35.5. The summed E-state index contributed by atoms with van der Waals surface area (Å²) in [7, 11) is 0. The maximum atomic E-state index is 11.7. The average molecular weight is 281 g/mol. The van der Waals surface area contributed by atoms with E-state index in [1.807, 2.05) is 13.0 Å². The van der Waals surface area contributed by atoms with Gasteiger partial charge in [0.2, 0.25) is 0 Å². The van der Waals surface area contributed by atoms with Crippen LogP contribution in [0, 0.1) is 5.92 Å². The molecule has 0 amide bonds. The van der Waals surface area contributed by atoms with Gasteiger partial charge in [-0.3, -0.25) is 4.79 Å². The van der Waals surface area contributed by atoms with Gasteiger partial charge in [0.15, 0.2) is 0 Å². The van der Waals surface area contributed by atoms with Crippen LogP contribution in [0.15, 0.2) is 18.2 Å². The van der Waals surface area contributed by atoms with Gasteiger partial charge >= 0.3 is 5.97 Å². The van der Waals surface area contributed by atoms with E-state index in [4.69, 9.17) is 16.3 Å². The molecule has 1 aliphatic rings. The fourth-order valence-corrected chi connectivity index (χ4v) is 2.66. The number of esters is 1. The predicted octanol–water partition coefficient (Wildman–Crippen LogP) is 4.30. The molecule has 1 aliphatic carbocycles. The molecular formula is C16H21ClO2. The smallest absolute Gasteiger partial charge is 0.309 e. The molecule has 19 heavy (non-hydrogen) atoms. The minimum atomic E-state index is -0.0940. The van der Waals surface area contributed by atoms with Crippen LogP contribution in [-0.4, -0.2) is 12.6 Å². The molecule has 1 unspecified atom stereocenters. The Kier molecular flexibility index (Phi) is 3.91. The average Bonchev–Trinajstić information content (AvgIpc) is 3.08. The molecule has 0 aromatic heterocycles. The molecule has 0 spiro atoms. The molecule has 1 aromatic rings. The lowest BCUT2D eigenvalue weighted by molar-refractivity contribution is -0.144. The van der Waals surface area contributed by atoms with Crippen LogP contribution >= 0.6 is 11.6 Å². The van der Waals surface area contributed by atoms with Gasteiger partial charge in [-0.15, -0.1) is 0 Å². The second-order valence-electron chi connectivity index (χ2n) is 6.19. The van der Waals surface area contributed by atoms with Crippen molar-refractivity contribution in [3.8, 4) is 0 Å². The third kappa shape index (κ3) is 3.11. The van der Waals surface area contributed by atoms with Gasteiger partial charge in [0.1, 0.15) is 0 Å². The second-order valence-corrected chi connectivity index (χ2v) is 6.59. The largest absolute Gasteiger partial charge is 0.466 e. The number of hydrogen-bond acceptors (Lipinski definition) is 2. The maximum absolute atomic E-state index is 11.7. The van der Waals surface area contributed by atoms with Gasteiger partial charge in [-0.25, -0.2) is 0 Å². The van der Waals surface area contributed by atoms with Gasteiger partial charge in [-0.1, -0.05) is 44.5 Å². The van der Waals surface area contributed by atoms with E-state index in [9.17, 15) is 4.79 Å². The summed E-state index contributed by atoms with van der Waals surface area (Å²) in [5, 5.41) is 0.768. The number of rotatable bonds is 3. The molecule has 1 saturated carbocycles. The zero-order valence-corrected chi connectivity index (χ0v) is 12.8. The monoisotopic (exact) mass is 280 g/mol. The van der Waals surface area contributed by atoms with E-state index in [0.717, 1.165) is 17.0 Å². The van der Waals surface area contributed by atoms with E-state index >= 15 is 0 Å². The van der Waals surface area contributed by atoms with Gasteiger partial charge in [0.25, 0.3) is 0 Å². The quantitative estimate of drug-likeness (QED) is 0.772. The summed E-state index contributed by atoms with van der Waals surface area (Å²) < 4.78 is 5.05. The SMILES string of the molecule is CCOC(=O)[C@H]1CC1c1ccc(C(C)(C)C)cc1Cl. The van der Waals surface area contributed by atoms with Crippen LogP contribution < -0.4 is 0 Å². The van der Waals surface area contributed by atoms with Crippen molar-refractivity contribution >= 4 is 17.6 Å². The molecule has 1 fully saturated rings. The van der Waals surface area contributed by atoms with E-state index in [1.165, 1.54) is 5.56 Å². The maximum Gasteiger partial charge on any atom is 0.309 e. The Balaban J connectivity index is 2.14. The molecule has 1 aromatic carbocycles. The second kappa shape index (κ2) is 5.16. The zero-order valence-electron chi connectivity index (χ0n) is 12.0. The third-order valence-electron chi connectivity index (χ3n) is 3.65. The Labute approximate surface area is 120 Å². The van der Waals surface area contributed by atoms with Crippen LogP contribution in [0.3, 0.4) is 0 Å². The lowest BCUT2D eigenvalue weighted by atomic mass is 9.86. The Morgan fingerprint density at radius 2 is 2.11 bits per heavy atom. The Bertz CT molecular complexity index is 488. The van der Waals surface area contributed by atoms with E-state index in [-0.39, 0.29) is 23.2 Å². The van der Waals surface area contributed by atoms with Crippen molar-refractivity contribution in [2.24, 2.45) is 5.92 Å². The van der Waals surface area contributed by atoms with Crippen LogP contribution in [0.2, 0.25) is 5.02 Å². The van der Waals surface area contributed by atoms with Crippen molar-refractivity contribution in [1.82, 2.24) is 0 Å². The minimum absolute atomic E-state index is 0.00191. The summed E-state index contributed by atoms with van der Waals surface area (Å²) in [6, 6.07) is 6.20. The van der Waals surface area contributed by atoms with Crippen molar-refractivity contribution in [2.45, 2.75) is 45.4 Å². The number of carbonyl (C=O) groups is 1. The van der Waals surface area contributed by atoms with Crippen LogP contribution in [0.25, 0.3) is 0 Å². The fourth-order valence-electron chi connectivity index (χ4n) is 2.34. The molecule has 0 N–H and O–H groups in total. The first-order chi connectivity index (χ1) is 8.84. The molecule has 0 heterocycles. The lowest BCUT2D eigenvalue weighted by Gasteiger charge is -2.20. The number of hydrogen-bond donors (Lipinski definition) is 0. The van der Waals surface area contributed by atoms with E-state index in [0.29, 0.717) is 6.61 Å². The highest BCUT2D eigenvalue weighted by Crippen LogP contribution is 2.50. The van der Waals surface area contributed by atoms with Crippen molar-refractivity contribution in [3.63, 3.8) is 0 Å². The fraction of sp³-hybridized carbons (Fsp3) is 0.562. The number of ether oxygens (including phenoxy) is 1. The topological polar surface area (TPSA) is 26.3 Å². The molecule has 0 radical (unpaired) electrons. The molecule has 2 nitrogen and oxygen atoms in total. The predicted molar refractivity (Wildman–Crippen MR) is 77.6 cm³/mol. The highest BCUT2D eigenvalue weighted by Gasteiger charge is 2.46. The summed E-state index contributed by atoms with van der Waals surface area (Å²) in [6.07, 6.45) is 0.855. The first-order valence-corrected chi connectivity index (χ1v) is 7.19. The molecule has 2 atom stereocenters. The van der Waals surface area contributed by atoms with Crippen LogP contribution in [-0.2, 0) is 14.9 Å². The van der Waals surface area contributed by atoms with E-state index < -0.39 is 0 Å². The van der Waals surface area contributed by atoms with E-state index in [2.05, 4.69) is 32.9 Å². The van der Waals surface area contributed by atoms with Crippen molar-refractivity contribution in [3.05, 3.63) is 34.3 Å². The molecule has 3 heteroatoms. The van der Waals surface area contributed by atoms with E-state index in [1.54, 1.807) is 0 Å². The number of halogens is 1. The van der Waals surface area contributed by atoms with Gasteiger partial charge in [0, 0.05) is 5.02 Å². The number of benzene rings is 1. The molecule has 0 bridgehead atoms. The summed E-state index contributed by atoms with van der Waals surface area (Å²) in [4.78, 5) is 11.7. The summed E-state index contributed by atoms with van der Waals surface area (Å²) in [6.45, 7) is 8.77. The Morgan fingerprint density at radius 1 is 1.42 bits per heavy atom. The summed E-state index contributed by atoms with van der Waals surface area (Å²) >= 11 is 6.37. The van der Waals surface area contributed by atoms with Gasteiger partial charge < -0.3 is 4.74 Å². The van der Waals surface area contributed by atoms with Crippen LogP contribution in [0.4, 0.5) is 0 Å². The standard InChI is InChI=1S/C16H21ClO2/c1-5-19-15(18)13-9-12(13)11-7-6-10(8-14(11)17)16(2,3)4/h6-8,12-13H,5,9H2,1-4H3/t12?,13-/m0/s1. The van der Waals surface area contributed by atoms with Gasteiger partial charge in [-0.05, 0) is 41.9 Å². The normalized spacial score (nSPS) is 22.2. The Morgan fingerprint density at radius 3 is 2.63 bits per heavy atom.